The number of hydrogen-bond acceptors (Lipinski definition) is 4. The van der Waals surface area contributed by atoms with E-state index in [0.29, 0.717) is 0 Å². The topological polar surface area (TPSA) is 64.6 Å². The van der Waals surface area contributed by atoms with Crippen molar-refractivity contribution in [2.24, 2.45) is 0 Å². The third-order valence-corrected chi connectivity index (χ3v) is 2.28. The molecule has 0 unspecified atom stereocenters. The molecule has 0 saturated heterocycles. The molecule has 1 heterocycles. The van der Waals surface area contributed by atoms with Gasteiger partial charge >= 0.3 is 5.97 Å². The summed E-state index contributed by atoms with van der Waals surface area (Å²) in [4.78, 5) is 10.1. The largest absolute Gasteiger partial charge is 0.472 e. The van der Waals surface area contributed by atoms with Gasteiger partial charge in [0.1, 0.15) is 0 Å². The first-order chi connectivity index (χ1) is 9.16. The Morgan fingerprint density at radius 3 is 2.84 bits per heavy atom. The van der Waals surface area contributed by atoms with E-state index in [1.165, 1.54) is 0 Å². The maximum Gasteiger partial charge on any atom is 0.382 e. The second-order valence-corrected chi connectivity index (χ2v) is 3.58. The molecule has 1 aromatic rings. The van der Waals surface area contributed by atoms with Gasteiger partial charge in [-0.2, -0.15) is 0 Å². The monoisotopic (exact) mass is 251 g/mol. The van der Waals surface area contributed by atoms with Crippen LogP contribution >= 0.6 is 0 Å². The van der Waals surface area contributed by atoms with E-state index >= 15 is 0 Å². The zero-order valence-electron chi connectivity index (χ0n) is 10.0. The average Bonchev–Trinajstić information content (AvgIpc) is 2.75. The van der Waals surface area contributed by atoms with Crippen molar-refractivity contribution >= 4 is 17.3 Å². The Kier molecular flexibility index (Phi) is 3.59. The molecule has 0 aliphatic carbocycles. The number of rotatable bonds is 0. The van der Waals surface area contributed by atoms with Crippen molar-refractivity contribution < 1.29 is 9.90 Å². The van der Waals surface area contributed by atoms with Gasteiger partial charge in [0, 0.05) is 18.5 Å². The van der Waals surface area contributed by atoms with E-state index in [1.807, 2.05) is 36.2 Å². The Bertz CT molecular complexity index is 705. The maximum atomic E-state index is 10.1. The van der Waals surface area contributed by atoms with E-state index in [-0.39, 0.29) is 0 Å². The summed E-state index contributed by atoms with van der Waals surface area (Å²) in [5.41, 5.74) is 8.72. The Labute approximate surface area is 110 Å². The predicted octanol–water partition coefficient (Wildman–Crippen LogP) is 0.411. The molecule has 0 atom stereocenters. The molecule has 0 radical (unpaired) electrons. The summed E-state index contributed by atoms with van der Waals surface area (Å²) >= 11 is 0. The number of nitrogens with one attached hydrogen (secondary N) is 2. The first-order valence-corrected chi connectivity index (χ1v) is 5.31. The number of anilines is 2. The van der Waals surface area contributed by atoms with Crippen molar-refractivity contribution in [1.29, 1.82) is 0 Å². The van der Waals surface area contributed by atoms with Crippen molar-refractivity contribution in [2.75, 3.05) is 17.5 Å². The lowest BCUT2D eigenvalue weighted by molar-refractivity contribution is -0.130. The molecule has 0 spiro atoms. The standard InChI is InChI=1S/C14H9N3O2/c1-17-13-9-8-11(10-12(13)15-16-17)6-4-2-3-5-7-14(18)19/h8-10,15-16H,1H3,(H,18,19). The molecule has 1 aliphatic heterocycles. The van der Waals surface area contributed by atoms with Gasteiger partial charge in [-0.15, -0.1) is 5.53 Å². The minimum absolute atomic E-state index is 0.809. The third kappa shape index (κ3) is 3.20. The summed E-state index contributed by atoms with van der Waals surface area (Å²) in [7, 11) is 1.90. The van der Waals surface area contributed by atoms with Crippen molar-refractivity contribution in [3.8, 4) is 35.5 Å². The number of hydrogen-bond donors (Lipinski definition) is 3. The molecule has 0 fully saturated rings. The van der Waals surface area contributed by atoms with E-state index in [2.05, 4.69) is 40.6 Å². The number of hydrazine groups is 2. The van der Waals surface area contributed by atoms with Gasteiger partial charge in [-0.1, -0.05) is 5.92 Å². The van der Waals surface area contributed by atoms with E-state index in [1.54, 1.807) is 0 Å². The Morgan fingerprint density at radius 1 is 1.26 bits per heavy atom. The lowest BCUT2D eigenvalue weighted by atomic mass is 10.2. The van der Waals surface area contributed by atoms with Crippen LogP contribution < -0.4 is 16.0 Å². The van der Waals surface area contributed by atoms with Crippen molar-refractivity contribution in [3.05, 3.63) is 23.8 Å². The highest BCUT2D eigenvalue weighted by molar-refractivity contribution is 5.87. The Morgan fingerprint density at radius 2 is 2.05 bits per heavy atom. The predicted molar refractivity (Wildman–Crippen MR) is 71.7 cm³/mol. The SMILES string of the molecule is CN1NNc2cc(C#CC#CC#CC(=O)O)ccc21. The van der Waals surface area contributed by atoms with Crippen LogP contribution in [0.3, 0.4) is 0 Å². The second kappa shape index (κ2) is 5.51. The summed E-state index contributed by atoms with van der Waals surface area (Å²) in [6.07, 6.45) is 0. The number of nitrogens with zero attached hydrogens (tertiary/aromatic N) is 1. The fourth-order valence-electron chi connectivity index (χ4n) is 1.46. The fourth-order valence-corrected chi connectivity index (χ4v) is 1.46. The molecule has 19 heavy (non-hydrogen) atoms. The molecular weight excluding hydrogens is 242 g/mol. The van der Waals surface area contributed by atoms with Crippen LogP contribution in [0, 0.1) is 35.5 Å². The minimum Gasteiger partial charge on any atom is -0.472 e. The Balaban J connectivity index is 2.10. The molecule has 0 bridgehead atoms. The highest BCUT2D eigenvalue weighted by Gasteiger charge is 2.13. The smallest absolute Gasteiger partial charge is 0.382 e. The average molecular weight is 251 g/mol. The molecule has 1 aliphatic rings. The first kappa shape index (κ1) is 12.4. The number of benzene rings is 1. The van der Waals surface area contributed by atoms with Crippen LogP contribution in [0.1, 0.15) is 5.56 Å². The number of fused-ring (bicyclic) bond motifs is 1. The molecule has 1 aromatic carbocycles. The quantitative estimate of drug-likeness (QED) is 0.583. The molecular formula is C14H9N3O2. The van der Waals surface area contributed by atoms with Crippen LogP contribution in [-0.4, -0.2) is 18.1 Å². The van der Waals surface area contributed by atoms with E-state index < -0.39 is 5.97 Å². The zero-order chi connectivity index (χ0) is 13.7. The van der Waals surface area contributed by atoms with Crippen molar-refractivity contribution in [1.82, 2.24) is 5.53 Å². The minimum atomic E-state index is -1.21. The van der Waals surface area contributed by atoms with Crippen LogP contribution in [-0.2, 0) is 4.79 Å². The number of carboxylic acids is 1. The van der Waals surface area contributed by atoms with Crippen LogP contribution in [0.5, 0.6) is 0 Å². The zero-order valence-corrected chi connectivity index (χ0v) is 10.0. The molecule has 0 saturated carbocycles. The van der Waals surface area contributed by atoms with Crippen LogP contribution in [0.4, 0.5) is 11.4 Å². The fraction of sp³-hybridized carbons (Fsp3) is 0.0714. The molecule has 5 heteroatoms. The van der Waals surface area contributed by atoms with Gasteiger partial charge in [0.25, 0.3) is 0 Å². The van der Waals surface area contributed by atoms with Gasteiger partial charge in [0.15, 0.2) is 0 Å². The highest BCUT2D eigenvalue weighted by atomic mass is 16.4. The molecule has 2 rings (SSSR count). The lowest BCUT2D eigenvalue weighted by Crippen LogP contribution is -2.31. The summed E-state index contributed by atoms with van der Waals surface area (Å²) in [6.45, 7) is 0. The Hall–Kier alpha value is -3.07. The summed E-state index contributed by atoms with van der Waals surface area (Å²) in [5.74, 6) is 13.1. The van der Waals surface area contributed by atoms with Gasteiger partial charge in [0.05, 0.1) is 11.4 Å². The lowest BCUT2D eigenvalue weighted by Gasteiger charge is -2.08. The summed E-state index contributed by atoms with van der Waals surface area (Å²) < 4.78 is 0. The number of carbonyl (C=O) groups is 1. The van der Waals surface area contributed by atoms with Gasteiger partial charge in [-0.05, 0) is 41.9 Å². The molecule has 3 N–H and O–H groups in total. The van der Waals surface area contributed by atoms with Gasteiger partial charge < -0.3 is 10.5 Å². The number of aliphatic carboxylic acids is 1. The summed E-state index contributed by atoms with van der Waals surface area (Å²) in [5, 5.41) is 10.1. The second-order valence-electron chi connectivity index (χ2n) is 3.58. The van der Waals surface area contributed by atoms with Gasteiger partial charge in [-0.3, -0.25) is 5.01 Å². The normalized spacial score (nSPS) is 10.7. The molecule has 5 nitrogen and oxygen atoms in total. The van der Waals surface area contributed by atoms with Crippen molar-refractivity contribution in [2.45, 2.75) is 0 Å². The number of carboxylic acid groups (broad SMARTS) is 1. The molecule has 0 amide bonds. The van der Waals surface area contributed by atoms with Crippen LogP contribution in [0.2, 0.25) is 0 Å². The van der Waals surface area contributed by atoms with Gasteiger partial charge in [-0.25, -0.2) is 4.79 Å². The maximum absolute atomic E-state index is 10.1. The first-order valence-electron chi connectivity index (χ1n) is 5.31. The third-order valence-electron chi connectivity index (χ3n) is 2.28. The summed E-state index contributed by atoms with van der Waals surface area (Å²) in [6, 6.07) is 5.70. The molecule has 0 aromatic heterocycles. The van der Waals surface area contributed by atoms with Crippen LogP contribution in [0.15, 0.2) is 18.2 Å². The van der Waals surface area contributed by atoms with Gasteiger partial charge in [0.2, 0.25) is 0 Å². The van der Waals surface area contributed by atoms with E-state index in [4.69, 9.17) is 5.11 Å². The van der Waals surface area contributed by atoms with Crippen LogP contribution in [0.25, 0.3) is 0 Å². The highest BCUT2D eigenvalue weighted by Crippen LogP contribution is 2.28. The molecule has 92 valence electrons. The van der Waals surface area contributed by atoms with Crippen molar-refractivity contribution in [3.63, 3.8) is 0 Å². The van der Waals surface area contributed by atoms with E-state index in [0.717, 1.165) is 16.9 Å². The van der Waals surface area contributed by atoms with E-state index in [9.17, 15) is 4.79 Å².